The van der Waals surface area contributed by atoms with Gasteiger partial charge in [-0.2, -0.15) is 19.6 Å². The van der Waals surface area contributed by atoms with Crippen LogP contribution in [0.3, 0.4) is 0 Å². The van der Waals surface area contributed by atoms with Crippen LogP contribution < -0.4 is 4.73 Å². The van der Waals surface area contributed by atoms with E-state index in [2.05, 4.69) is 30.7 Å². The van der Waals surface area contributed by atoms with Gasteiger partial charge in [0, 0.05) is 49.5 Å². The highest BCUT2D eigenvalue weighted by molar-refractivity contribution is 6.31. The van der Waals surface area contributed by atoms with E-state index in [0.29, 0.717) is 30.7 Å². The molecule has 0 aliphatic carbocycles. The van der Waals surface area contributed by atoms with Crippen LogP contribution in [0.25, 0.3) is 27.9 Å². The minimum atomic E-state index is -0.859. The second-order valence-corrected chi connectivity index (χ2v) is 11.9. The predicted octanol–water partition coefficient (Wildman–Crippen LogP) is 3.44. The number of pyridine rings is 2. The van der Waals surface area contributed by atoms with Crippen LogP contribution in [0.15, 0.2) is 86.0 Å². The van der Waals surface area contributed by atoms with E-state index in [9.17, 15) is 19.9 Å². The summed E-state index contributed by atoms with van der Waals surface area (Å²) in [5, 5.41) is 43.2. The Labute approximate surface area is 282 Å². The van der Waals surface area contributed by atoms with E-state index >= 15 is 4.39 Å². The molecule has 0 spiro atoms. The summed E-state index contributed by atoms with van der Waals surface area (Å²) in [5.74, 6) is -2.38. The number of nitrogens with zero attached hydrogens (tertiary/aromatic N) is 11. The molecule has 1 saturated heterocycles. The molecule has 1 aromatic carbocycles. The Morgan fingerprint density at radius 3 is 2.57 bits per heavy atom. The fraction of sp³-hybridized carbons (Fsp3) is 0.219. The number of aromatic nitrogens is 10. The van der Waals surface area contributed by atoms with Crippen molar-refractivity contribution in [2.45, 2.75) is 25.4 Å². The first-order valence-corrected chi connectivity index (χ1v) is 15.6. The van der Waals surface area contributed by atoms with Crippen LogP contribution in [0.5, 0.6) is 0 Å². The summed E-state index contributed by atoms with van der Waals surface area (Å²) in [6.07, 6.45) is 11.7. The van der Waals surface area contributed by atoms with Gasteiger partial charge in [0.15, 0.2) is 18.1 Å². The van der Waals surface area contributed by atoms with Gasteiger partial charge in [0.1, 0.15) is 12.0 Å². The molecule has 1 unspecified atom stereocenters. The molecule has 6 aromatic rings. The van der Waals surface area contributed by atoms with E-state index in [1.54, 1.807) is 69.5 Å². The average molecular weight is 684 g/mol. The fourth-order valence-corrected chi connectivity index (χ4v) is 6.09. The van der Waals surface area contributed by atoms with Gasteiger partial charge in [0.25, 0.3) is 5.91 Å². The van der Waals surface area contributed by atoms with E-state index < -0.39 is 23.7 Å². The summed E-state index contributed by atoms with van der Waals surface area (Å²) >= 11 is 6.14. The average Bonchev–Trinajstić information content (AvgIpc) is 3.92. The normalized spacial score (nSPS) is 14.2. The lowest BCUT2D eigenvalue weighted by molar-refractivity contribution is -0.615. The monoisotopic (exact) mass is 683 g/mol. The first-order chi connectivity index (χ1) is 23.8. The molecule has 1 aliphatic heterocycles. The maximum atomic E-state index is 15.5. The van der Waals surface area contributed by atoms with Crippen molar-refractivity contribution in [2.75, 3.05) is 13.1 Å². The van der Waals surface area contributed by atoms with Crippen LogP contribution in [-0.4, -0.2) is 79.7 Å². The molecule has 15 nitrogen and oxygen atoms in total. The van der Waals surface area contributed by atoms with Crippen molar-refractivity contribution in [1.29, 1.82) is 0 Å². The molecular formula is C32H27ClFN11O4. The van der Waals surface area contributed by atoms with E-state index in [1.807, 2.05) is 12.1 Å². The summed E-state index contributed by atoms with van der Waals surface area (Å²) < 4.78 is 20.6. The number of rotatable bonds is 9. The van der Waals surface area contributed by atoms with Crippen molar-refractivity contribution in [3.05, 3.63) is 113 Å². The van der Waals surface area contributed by atoms with Crippen molar-refractivity contribution in [3.8, 4) is 27.9 Å². The summed E-state index contributed by atoms with van der Waals surface area (Å²) in [4.78, 5) is 30.3. The number of hydrogen-bond donors (Lipinski definition) is 1. The molecule has 1 atom stereocenters. The molecule has 1 aliphatic rings. The number of piperidine rings is 1. The molecule has 6 heterocycles. The molecule has 7 rings (SSSR count). The standard InChI is InChI=1S/C32H27ClFN11O4/c33-24-2-4-27(44-19-36-39-40-44)29(30(24)34)22-1-3-26(45(49)17-22)28(43-16-23(15-37-43)20-5-10-35-11-6-20)18-42-14-9-25(38-42)31(46)41-12-7-21(8-13-41)32(47)48/h1-6,9-11,14-17,19,21,28H,7-8,12-13,18H2,(H,47,48). The zero-order valence-corrected chi connectivity index (χ0v) is 26.4. The first-order valence-electron chi connectivity index (χ1n) is 15.2. The zero-order valence-electron chi connectivity index (χ0n) is 25.6. The van der Waals surface area contributed by atoms with Gasteiger partial charge in [0.2, 0.25) is 5.69 Å². The van der Waals surface area contributed by atoms with Crippen LogP contribution in [0.4, 0.5) is 4.39 Å². The Morgan fingerprint density at radius 2 is 1.86 bits per heavy atom. The Bertz CT molecular complexity index is 2130. The second kappa shape index (κ2) is 13.2. The third kappa shape index (κ3) is 6.32. The SMILES string of the molecule is O=C(O)C1CCN(C(=O)c2ccn(CC(c3ccc(-c4c(-n5cnnn5)ccc(Cl)c4F)c[n+]3[O-])n3cc(-c4ccncc4)cn3)n2)CC1. The lowest BCUT2D eigenvalue weighted by Gasteiger charge is -2.29. The number of aliphatic carboxylic acids is 1. The molecule has 49 heavy (non-hydrogen) atoms. The highest BCUT2D eigenvalue weighted by atomic mass is 35.5. The smallest absolute Gasteiger partial charge is 0.306 e. The van der Waals surface area contributed by atoms with E-state index in [1.165, 1.54) is 23.3 Å². The van der Waals surface area contributed by atoms with E-state index in [-0.39, 0.29) is 45.7 Å². The Morgan fingerprint density at radius 1 is 1.06 bits per heavy atom. The zero-order chi connectivity index (χ0) is 34.1. The third-order valence-corrected chi connectivity index (χ3v) is 8.82. The van der Waals surface area contributed by atoms with E-state index in [4.69, 9.17) is 11.6 Å². The highest BCUT2D eigenvalue weighted by Gasteiger charge is 2.30. The van der Waals surface area contributed by atoms with Crippen molar-refractivity contribution < 1.29 is 23.8 Å². The molecule has 0 saturated carbocycles. The Hall–Kier alpha value is -6.03. The maximum absolute atomic E-state index is 15.5. The lowest BCUT2D eigenvalue weighted by Crippen LogP contribution is -2.40. The van der Waals surface area contributed by atoms with E-state index in [0.717, 1.165) is 11.1 Å². The van der Waals surface area contributed by atoms with Gasteiger partial charge >= 0.3 is 5.97 Å². The summed E-state index contributed by atoms with van der Waals surface area (Å²) in [6.45, 7) is 0.747. The van der Waals surface area contributed by atoms with Crippen molar-refractivity contribution in [3.63, 3.8) is 0 Å². The molecule has 0 radical (unpaired) electrons. The van der Waals surface area contributed by atoms with Crippen LogP contribution in [0, 0.1) is 16.9 Å². The minimum Gasteiger partial charge on any atom is -0.618 e. The number of halogens is 2. The fourth-order valence-electron chi connectivity index (χ4n) is 5.94. The maximum Gasteiger partial charge on any atom is 0.306 e. The van der Waals surface area contributed by atoms with Gasteiger partial charge in [-0.05, 0) is 65.2 Å². The van der Waals surface area contributed by atoms with Crippen molar-refractivity contribution >= 4 is 23.5 Å². The van der Waals surface area contributed by atoms with Gasteiger partial charge in [-0.25, -0.2) is 4.39 Å². The number of benzene rings is 1. The van der Waals surface area contributed by atoms with Gasteiger partial charge in [-0.1, -0.05) is 11.6 Å². The quantitative estimate of drug-likeness (QED) is 0.175. The molecule has 1 fully saturated rings. The Kier molecular flexibility index (Phi) is 8.52. The second-order valence-electron chi connectivity index (χ2n) is 11.5. The Balaban J connectivity index is 1.22. The molecule has 5 aromatic heterocycles. The van der Waals surface area contributed by atoms with Crippen LogP contribution in [0.1, 0.15) is 35.1 Å². The lowest BCUT2D eigenvalue weighted by atomic mass is 9.97. The number of carbonyl (C=O) groups is 2. The van der Waals surface area contributed by atoms with Crippen molar-refractivity contribution in [2.24, 2.45) is 5.92 Å². The summed E-state index contributed by atoms with van der Waals surface area (Å²) in [6, 6.07) is 10.7. The molecule has 248 valence electrons. The number of amides is 1. The minimum absolute atomic E-state index is 0.0363. The molecule has 1 amide bonds. The van der Waals surface area contributed by atoms with Crippen LogP contribution in [-0.2, 0) is 11.3 Å². The van der Waals surface area contributed by atoms with Gasteiger partial charge in [0.05, 0.1) is 40.5 Å². The largest absolute Gasteiger partial charge is 0.618 e. The van der Waals surface area contributed by atoms with Gasteiger partial charge < -0.3 is 15.2 Å². The number of tetrazole rings is 1. The third-order valence-electron chi connectivity index (χ3n) is 8.53. The van der Waals surface area contributed by atoms with Gasteiger partial charge in [-0.15, -0.1) is 5.10 Å². The first kappa shape index (κ1) is 31.6. The van der Waals surface area contributed by atoms with Crippen molar-refractivity contribution in [1.82, 2.24) is 49.7 Å². The predicted molar refractivity (Wildman–Crippen MR) is 171 cm³/mol. The van der Waals surface area contributed by atoms with Gasteiger partial charge in [-0.3, -0.25) is 23.9 Å². The topological polar surface area (TPSA) is 177 Å². The molecule has 1 N–H and O–H groups in total. The number of likely N-dealkylation sites (tertiary alicyclic amines) is 1. The molecular weight excluding hydrogens is 657 g/mol. The van der Waals surface area contributed by atoms with Crippen LogP contribution >= 0.6 is 11.6 Å². The number of carboxylic acids is 1. The van der Waals surface area contributed by atoms with Crippen LogP contribution in [0.2, 0.25) is 5.02 Å². The number of carbonyl (C=O) groups excluding carboxylic acids is 1. The highest BCUT2D eigenvalue weighted by Crippen LogP contribution is 2.33. The molecule has 17 heteroatoms. The summed E-state index contributed by atoms with van der Waals surface area (Å²) in [7, 11) is 0. The molecule has 0 bridgehead atoms. The number of hydrogen-bond acceptors (Lipinski definition) is 9. The summed E-state index contributed by atoms with van der Waals surface area (Å²) in [5.41, 5.74) is 2.67. The number of carboxylic acid groups (broad SMARTS) is 1.